The molecule has 0 bridgehead atoms. The number of aryl methyl sites for hydroxylation is 1. The van der Waals surface area contributed by atoms with Gasteiger partial charge >= 0.3 is 0 Å². The average molecular weight is 249 g/mol. The van der Waals surface area contributed by atoms with Crippen molar-refractivity contribution in [1.29, 1.82) is 0 Å². The molecule has 0 saturated carbocycles. The molecule has 0 aliphatic heterocycles. The predicted molar refractivity (Wildman–Crippen MR) is 72.9 cm³/mol. The van der Waals surface area contributed by atoms with Crippen LogP contribution in [-0.2, 0) is 11.2 Å². The van der Waals surface area contributed by atoms with Crippen LogP contribution in [0.25, 0.3) is 0 Å². The fourth-order valence-electron chi connectivity index (χ4n) is 2.23. The van der Waals surface area contributed by atoms with Gasteiger partial charge in [0.2, 0.25) is 0 Å². The van der Waals surface area contributed by atoms with Gasteiger partial charge in [-0.3, -0.25) is 0 Å². The molecule has 0 fully saturated rings. The number of hydrogen-bond donors (Lipinski definition) is 1. The van der Waals surface area contributed by atoms with Gasteiger partial charge in [0.15, 0.2) is 0 Å². The largest absolute Gasteiger partial charge is 0.493 e. The van der Waals surface area contributed by atoms with E-state index in [1.807, 2.05) is 6.07 Å². The summed E-state index contributed by atoms with van der Waals surface area (Å²) in [6.45, 7) is 4.81. The molecule has 1 aliphatic rings. The minimum Gasteiger partial charge on any atom is -0.493 e. The van der Waals surface area contributed by atoms with Crippen LogP contribution in [0.1, 0.15) is 43.9 Å². The van der Waals surface area contributed by atoms with Crippen molar-refractivity contribution in [3.05, 3.63) is 29.3 Å². The summed E-state index contributed by atoms with van der Waals surface area (Å²) in [5.74, 6) is 0.940. The Kier molecular flexibility index (Phi) is 3.93. The first-order valence-corrected chi connectivity index (χ1v) is 6.58. The summed E-state index contributed by atoms with van der Waals surface area (Å²) in [7, 11) is 1.73. The molecule has 0 spiro atoms. The minimum atomic E-state index is -0.126. The van der Waals surface area contributed by atoms with E-state index in [2.05, 4.69) is 26.0 Å². The Morgan fingerprint density at radius 1 is 1.39 bits per heavy atom. The lowest BCUT2D eigenvalue weighted by Gasteiger charge is -2.22. The summed E-state index contributed by atoms with van der Waals surface area (Å²) < 4.78 is 11.2. The minimum absolute atomic E-state index is 0.126. The lowest BCUT2D eigenvalue weighted by Crippen LogP contribution is -2.25. The van der Waals surface area contributed by atoms with Crippen LogP contribution in [0, 0.1) is 0 Å². The third-order valence-electron chi connectivity index (χ3n) is 3.76. The molecule has 1 aromatic carbocycles. The quantitative estimate of drug-likeness (QED) is 0.872. The second-order valence-electron chi connectivity index (χ2n) is 5.57. The smallest absolute Gasteiger partial charge is 0.119 e. The molecule has 0 saturated heterocycles. The van der Waals surface area contributed by atoms with Crippen molar-refractivity contribution in [3.63, 3.8) is 0 Å². The molecular weight excluding hydrogens is 226 g/mol. The van der Waals surface area contributed by atoms with E-state index in [1.54, 1.807) is 7.11 Å². The van der Waals surface area contributed by atoms with E-state index in [1.165, 1.54) is 11.1 Å². The van der Waals surface area contributed by atoms with Gasteiger partial charge in [0.1, 0.15) is 5.75 Å². The molecule has 1 unspecified atom stereocenters. The number of nitrogens with two attached hydrogens (primary N) is 1. The van der Waals surface area contributed by atoms with Crippen LogP contribution < -0.4 is 10.5 Å². The molecule has 1 aliphatic carbocycles. The molecule has 2 rings (SSSR count). The summed E-state index contributed by atoms with van der Waals surface area (Å²) in [5.41, 5.74) is 8.50. The van der Waals surface area contributed by atoms with Crippen LogP contribution in [0.2, 0.25) is 0 Å². The Balaban J connectivity index is 1.92. The summed E-state index contributed by atoms with van der Waals surface area (Å²) in [6, 6.07) is 6.46. The van der Waals surface area contributed by atoms with Gasteiger partial charge in [0.05, 0.1) is 12.2 Å². The van der Waals surface area contributed by atoms with E-state index in [0.29, 0.717) is 6.61 Å². The molecule has 3 heteroatoms. The lowest BCUT2D eigenvalue weighted by molar-refractivity contribution is 0.00545. The van der Waals surface area contributed by atoms with E-state index in [-0.39, 0.29) is 11.6 Å². The molecule has 1 aromatic rings. The van der Waals surface area contributed by atoms with Crippen molar-refractivity contribution in [1.82, 2.24) is 0 Å². The van der Waals surface area contributed by atoms with Gasteiger partial charge in [0, 0.05) is 19.6 Å². The van der Waals surface area contributed by atoms with E-state index >= 15 is 0 Å². The first-order chi connectivity index (χ1) is 8.52. The highest BCUT2D eigenvalue weighted by Gasteiger charge is 2.19. The van der Waals surface area contributed by atoms with E-state index in [0.717, 1.165) is 25.0 Å². The second-order valence-corrected chi connectivity index (χ2v) is 5.57. The summed E-state index contributed by atoms with van der Waals surface area (Å²) in [6.07, 6.45) is 2.99. The molecule has 0 aromatic heterocycles. The van der Waals surface area contributed by atoms with Crippen molar-refractivity contribution in [2.75, 3.05) is 13.7 Å². The molecule has 0 heterocycles. The van der Waals surface area contributed by atoms with Crippen molar-refractivity contribution >= 4 is 0 Å². The van der Waals surface area contributed by atoms with Crippen molar-refractivity contribution in [2.45, 2.75) is 44.8 Å². The Morgan fingerprint density at radius 3 is 2.89 bits per heavy atom. The van der Waals surface area contributed by atoms with Crippen LogP contribution in [0.3, 0.4) is 0 Å². The third kappa shape index (κ3) is 3.03. The highest BCUT2D eigenvalue weighted by molar-refractivity contribution is 5.40. The summed E-state index contributed by atoms with van der Waals surface area (Å²) in [5, 5.41) is 0. The first-order valence-electron chi connectivity index (χ1n) is 6.58. The number of hydrogen-bond acceptors (Lipinski definition) is 3. The summed E-state index contributed by atoms with van der Waals surface area (Å²) in [4.78, 5) is 0. The Hall–Kier alpha value is -1.06. The summed E-state index contributed by atoms with van der Waals surface area (Å²) >= 11 is 0. The fourth-order valence-corrected chi connectivity index (χ4v) is 2.23. The molecule has 18 heavy (non-hydrogen) atoms. The number of benzene rings is 1. The van der Waals surface area contributed by atoms with Gasteiger partial charge in [0.25, 0.3) is 0 Å². The maximum atomic E-state index is 6.01. The van der Waals surface area contributed by atoms with E-state index in [9.17, 15) is 0 Å². The Morgan fingerprint density at radius 2 is 2.17 bits per heavy atom. The van der Waals surface area contributed by atoms with Gasteiger partial charge in [-0.05, 0) is 49.9 Å². The number of fused-ring (bicyclic) bond motifs is 1. The number of methoxy groups -OCH3 is 1. The van der Waals surface area contributed by atoms with Crippen LogP contribution in [-0.4, -0.2) is 19.3 Å². The zero-order valence-corrected chi connectivity index (χ0v) is 11.5. The van der Waals surface area contributed by atoms with Crippen LogP contribution in [0.5, 0.6) is 5.75 Å². The van der Waals surface area contributed by atoms with E-state index in [4.69, 9.17) is 15.2 Å². The van der Waals surface area contributed by atoms with Crippen LogP contribution >= 0.6 is 0 Å². The van der Waals surface area contributed by atoms with Gasteiger partial charge in [-0.25, -0.2) is 0 Å². The van der Waals surface area contributed by atoms with Crippen molar-refractivity contribution in [3.8, 4) is 5.75 Å². The average Bonchev–Trinajstić information content (AvgIpc) is 2.71. The first kappa shape index (κ1) is 13.4. The zero-order chi connectivity index (χ0) is 13.2. The lowest BCUT2D eigenvalue weighted by atomic mass is 10.1. The van der Waals surface area contributed by atoms with Crippen LogP contribution in [0.15, 0.2) is 18.2 Å². The Bertz CT molecular complexity index is 415. The standard InChI is InChI=1S/C15H23NO2/c1-15(2,17-3)8-9-18-12-5-6-13-11(10-12)4-7-14(13)16/h5-6,10,14H,4,7-9,16H2,1-3H3. The molecule has 100 valence electrons. The van der Waals surface area contributed by atoms with Crippen LogP contribution in [0.4, 0.5) is 0 Å². The highest BCUT2D eigenvalue weighted by atomic mass is 16.5. The maximum Gasteiger partial charge on any atom is 0.119 e. The zero-order valence-electron chi connectivity index (χ0n) is 11.5. The van der Waals surface area contributed by atoms with Gasteiger partial charge < -0.3 is 15.2 Å². The Labute approximate surface area is 109 Å². The van der Waals surface area contributed by atoms with Gasteiger partial charge in [-0.1, -0.05) is 6.07 Å². The normalized spacial score (nSPS) is 18.8. The third-order valence-corrected chi connectivity index (χ3v) is 3.76. The number of ether oxygens (including phenoxy) is 2. The van der Waals surface area contributed by atoms with E-state index < -0.39 is 0 Å². The number of rotatable bonds is 5. The predicted octanol–water partition coefficient (Wildman–Crippen LogP) is 2.83. The second kappa shape index (κ2) is 5.29. The molecule has 2 N–H and O–H groups in total. The van der Waals surface area contributed by atoms with Crippen molar-refractivity contribution in [2.24, 2.45) is 5.73 Å². The molecular formula is C15H23NO2. The molecule has 1 atom stereocenters. The topological polar surface area (TPSA) is 44.5 Å². The molecule has 0 radical (unpaired) electrons. The monoisotopic (exact) mass is 249 g/mol. The maximum absolute atomic E-state index is 6.01. The highest BCUT2D eigenvalue weighted by Crippen LogP contribution is 2.31. The molecule has 0 amide bonds. The van der Waals surface area contributed by atoms with Crippen molar-refractivity contribution < 1.29 is 9.47 Å². The fraction of sp³-hybridized carbons (Fsp3) is 0.600. The van der Waals surface area contributed by atoms with Gasteiger partial charge in [-0.2, -0.15) is 0 Å². The SMILES string of the molecule is COC(C)(C)CCOc1ccc2c(c1)CCC2N. The molecule has 3 nitrogen and oxygen atoms in total. The van der Waals surface area contributed by atoms with Gasteiger partial charge in [-0.15, -0.1) is 0 Å².